The third-order valence-corrected chi connectivity index (χ3v) is 2.37. The van der Waals surface area contributed by atoms with Crippen molar-refractivity contribution in [3.63, 3.8) is 0 Å². The molecule has 13 heavy (non-hydrogen) atoms. The van der Waals surface area contributed by atoms with E-state index in [1.165, 1.54) is 0 Å². The number of rotatable bonds is 4. The molecule has 1 aromatic rings. The molecule has 0 amide bonds. The molecule has 0 aromatic heterocycles. The number of thioether (sulfide) groups is 1. The van der Waals surface area contributed by atoms with Crippen molar-refractivity contribution in [2.75, 3.05) is 0 Å². The van der Waals surface area contributed by atoms with Crippen molar-refractivity contribution >= 4 is 17.5 Å². The van der Waals surface area contributed by atoms with Crippen molar-refractivity contribution in [3.8, 4) is 0 Å². The number of carbonyl (C=O) groups excluding carboxylic acids is 1. The monoisotopic (exact) mass is 192 g/mol. The molecular formula is C11H12OS. The molecule has 68 valence electrons. The van der Waals surface area contributed by atoms with Gasteiger partial charge in [0, 0.05) is 11.3 Å². The molecule has 0 heterocycles. The Bertz CT molecular complexity index is 290. The minimum atomic E-state index is 0.170. The van der Waals surface area contributed by atoms with Crippen LogP contribution >= 0.6 is 11.8 Å². The van der Waals surface area contributed by atoms with E-state index in [-0.39, 0.29) is 5.78 Å². The molecule has 0 aliphatic heterocycles. The maximum atomic E-state index is 10.9. The van der Waals surface area contributed by atoms with Gasteiger partial charge in [-0.15, -0.1) is 0 Å². The van der Waals surface area contributed by atoms with Gasteiger partial charge in [-0.1, -0.05) is 36.9 Å². The summed E-state index contributed by atoms with van der Waals surface area (Å²) in [4.78, 5) is 12.1. The summed E-state index contributed by atoms with van der Waals surface area (Å²) in [5, 5.41) is 1.83. The fourth-order valence-corrected chi connectivity index (χ4v) is 1.50. The predicted octanol–water partition coefficient (Wildman–Crippen LogP) is 3.27. The van der Waals surface area contributed by atoms with Crippen LogP contribution in [0.1, 0.15) is 13.3 Å². The van der Waals surface area contributed by atoms with Gasteiger partial charge in [-0.05, 0) is 23.6 Å². The van der Waals surface area contributed by atoms with E-state index >= 15 is 0 Å². The maximum absolute atomic E-state index is 10.9. The van der Waals surface area contributed by atoms with Gasteiger partial charge in [-0.2, -0.15) is 0 Å². The van der Waals surface area contributed by atoms with Gasteiger partial charge >= 0.3 is 0 Å². The zero-order valence-electron chi connectivity index (χ0n) is 7.57. The van der Waals surface area contributed by atoms with Crippen molar-refractivity contribution in [2.45, 2.75) is 18.2 Å². The lowest BCUT2D eigenvalue weighted by Crippen LogP contribution is -1.85. The molecule has 1 rings (SSSR count). The topological polar surface area (TPSA) is 17.1 Å². The summed E-state index contributed by atoms with van der Waals surface area (Å²) in [7, 11) is 0. The quantitative estimate of drug-likeness (QED) is 0.538. The molecule has 0 aliphatic rings. The van der Waals surface area contributed by atoms with Gasteiger partial charge in [-0.3, -0.25) is 4.79 Å². The smallest absolute Gasteiger partial charge is 0.155 e. The number of benzene rings is 1. The Kier molecular flexibility index (Phi) is 4.33. The van der Waals surface area contributed by atoms with Crippen LogP contribution in [0.3, 0.4) is 0 Å². The number of allylic oxidation sites excluding steroid dienone is 1. The second kappa shape index (κ2) is 5.60. The van der Waals surface area contributed by atoms with E-state index < -0.39 is 0 Å². The molecule has 0 spiro atoms. The van der Waals surface area contributed by atoms with Crippen LogP contribution in [0, 0.1) is 0 Å². The summed E-state index contributed by atoms with van der Waals surface area (Å²) in [6.07, 6.45) is 2.20. The number of hydrogen-bond donors (Lipinski definition) is 0. The summed E-state index contributed by atoms with van der Waals surface area (Å²) < 4.78 is 0. The van der Waals surface area contributed by atoms with Crippen LogP contribution in [0.2, 0.25) is 0 Å². The zero-order valence-corrected chi connectivity index (χ0v) is 8.38. The van der Waals surface area contributed by atoms with E-state index in [1.807, 2.05) is 42.7 Å². The van der Waals surface area contributed by atoms with Gasteiger partial charge < -0.3 is 0 Å². The molecule has 0 fully saturated rings. The number of ketones is 1. The van der Waals surface area contributed by atoms with Gasteiger partial charge in [0.1, 0.15) is 0 Å². The summed E-state index contributed by atoms with van der Waals surface area (Å²) in [6, 6.07) is 9.98. The first-order valence-corrected chi connectivity index (χ1v) is 5.12. The Hall–Kier alpha value is -1.02. The Balaban J connectivity index is 2.44. The lowest BCUT2D eigenvalue weighted by Gasteiger charge is -1.92. The first-order chi connectivity index (χ1) is 6.33. The van der Waals surface area contributed by atoms with Crippen molar-refractivity contribution in [2.24, 2.45) is 0 Å². The van der Waals surface area contributed by atoms with Crippen LogP contribution in [-0.4, -0.2) is 5.78 Å². The average Bonchev–Trinajstić information content (AvgIpc) is 2.19. The molecule has 1 aromatic carbocycles. The van der Waals surface area contributed by atoms with E-state index in [1.54, 1.807) is 17.8 Å². The number of hydrogen-bond acceptors (Lipinski definition) is 2. The number of carbonyl (C=O) groups is 1. The highest BCUT2D eigenvalue weighted by Crippen LogP contribution is 2.17. The van der Waals surface area contributed by atoms with Gasteiger partial charge in [0.15, 0.2) is 5.78 Å². The summed E-state index contributed by atoms with van der Waals surface area (Å²) in [5.41, 5.74) is 0. The van der Waals surface area contributed by atoms with Gasteiger partial charge in [0.05, 0.1) is 0 Å². The molecule has 0 saturated heterocycles. The Morgan fingerprint density at radius 2 is 2.08 bits per heavy atom. The molecule has 1 nitrogen and oxygen atoms in total. The van der Waals surface area contributed by atoms with Crippen LogP contribution in [-0.2, 0) is 4.79 Å². The normalized spacial score (nSPS) is 10.5. The second-order valence-electron chi connectivity index (χ2n) is 2.55. The van der Waals surface area contributed by atoms with Crippen molar-refractivity contribution in [1.29, 1.82) is 0 Å². The molecule has 0 N–H and O–H groups in total. The minimum absolute atomic E-state index is 0.170. The average molecular weight is 192 g/mol. The van der Waals surface area contributed by atoms with Crippen LogP contribution in [0.4, 0.5) is 0 Å². The molecular weight excluding hydrogens is 180 g/mol. The summed E-state index contributed by atoms with van der Waals surface area (Å²) in [6.45, 7) is 1.86. The van der Waals surface area contributed by atoms with Crippen molar-refractivity contribution in [1.82, 2.24) is 0 Å². The second-order valence-corrected chi connectivity index (χ2v) is 3.53. The molecule has 2 heteroatoms. The standard InChI is InChI=1S/C11H12OS/c1-2-10(12)8-9-13-11-6-4-3-5-7-11/h3-9H,2H2,1H3/b9-8-. The Morgan fingerprint density at radius 3 is 2.69 bits per heavy atom. The van der Waals surface area contributed by atoms with Crippen LogP contribution in [0.5, 0.6) is 0 Å². The Morgan fingerprint density at radius 1 is 1.38 bits per heavy atom. The van der Waals surface area contributed by atoms with Gasteiger partial charge in [0.2, 0.25) is 0 Å². The lowest BCUT2D eigenvalue weighted by atomic mass is 10.3. The molecule has 0 atom stereocenters. The van der Waals surface area contributed by atoms with E-state index in [0.717, 1.165) is 4.90 Å². The fraction of sp³-hybridized carbons (Fsp3) is 0.182. The van der Waals surface area contributed by atoms with E-state index in [2.05, 4.69) is 0 Å². The SMILES string of the molecule is CCC(=O)/C=C\Sc1ccccc1. The third-order valence-electron chi connectivity index (χ3n) is 1.55. The van der Waals surface area contributed by atoms with Crippen LogP contribution < -0.4 is 0 Å². The summed E-state index contributed by atoms with van der Waals surface area (Å²) in [5.74, 6) is 0.170. The van der Waals surface area contributed by atoms with Crippen LogP contribution in [0.15, 0.2) is 46.7 Å². The largest absolute Gasteiger partial charge is 0.295 e. The van der Waals surface area contributed by atoms with Crippen molar-refractivity contribution < 1.29 is 4.79 Å². The van der Waals surface area contributed by atoms with Crippen LogP contribution in [0.25, 0.3) is 0 Å². The summed E-state index contributed by atoms with van der Waals surface area (Å²) >= 11 is 1.56. The molecule has 0 saturated carbocycles. The highest BCUT2D eigenvalue weighted by molar-refractivity contribution is 8.02. The highest BCUT2D eigenvalue weighted by atomic mass is 32.2. The van der Waals surface area contributed by atoms with Gasteiger partial charge in [-0.25, -0.2) is 0 Å². The third kappa shape index (κ3) is 3.95. The van der Waals surface area contributed by atoms with E-state index in [9.17, 15) is 4.79 Å². The maximum Gasteiger partial charge on any atom is 0.155 e. The molecule has 0 unspecified atom stereocenters. The van der Waals surface area contributed by atoms with Gasteiger partial charge in [0.25, 0.3) is 0 Å². The molecule has 0 aliphatic carbocycles. The lowest BCUT2D eigenvalue weighted by molar-refractivity contribution is -0.114. The zero-order chi connectivity index (χ0) is 9.52. The van der Waals surface area contributed by atoms with Crippen molar-refractivity contribution in [3.05, 3.63) is 41.8 Å². The molecule has 0 bridgehead atoms. The Labute approximate surface area is 82.9 Å². The fourth-order valence-electron chi connectivity index (χ4n) is 0.805. The minimum Gasteiger partial charge on any atom is -0.295 e. The van der Waals surface area contributed by atoms with E-state index in [4.69, 9.17) is 0 Å². The van der Waals surface area contributed by atoms with E-state index in [0.29, 0.717) is 6.42 Å². The first kappa shape index (κ1) is 10.1. The first-order valence-electron chi connectivity index (χ1n) is 4.24. The molecule has 0 radical (unpaired) electrons. The highest BCUT2D eigenvalue weighted by Gasteiger charge is 1.90. The predicted molar refractivity (Wildman–Crippen MR) is 56.7 cm³/mol.